The molecule has 1 aliphatic heterocycles. The Kier molecular flexibility index (Phi) is 5.48. The molecule has 0 radical (unpaired) electrons. The van der Waals surface area contributed by atoms with Crippen molar-refractivity contribution in [2.75, 3.05) is 33.7 Å². The van der Waals surface area contributed by atoms with Crippen molar-refractivity contribution >= 4 is 5.91 Å². The van der Waals surface area contributed by atoms with E-state index in [0.717, 1.165) is 30.7 Å². The number of benzene rings is 1. The van der Waals surface area contributed by atoms with E-state index in [-0.39, 0.29) is 17.6 Å². The molecular weight excluding hydrogens is 321 g/mol. The zero-order chi connectivity index (χ0) is 17.8. The Hall–Kier alpha value is -2.21. The van der Waals surface area contributed by atoms with Gasteiger partial charge in [-0.25, -0.2) is 9.37 Å². The summed E-state index contributed by atoms with van der Waals surface area (Å²) in [6.45, 7) is 1.88. The third kappa shape index (κ3) is 4.66. The normalized spacial score (nSPS) is 17.9. The van der Waals surface area contributed by atoms with Crippen molar-refractivity contribution in [2.45, 2.75) is 25.2 Å². The van der Waals surface area contributed by atoms with Crippen molar-refractivity contribution in [2.24, 2.45) is 0 Å². The van der Waals surface area contributed by atoms with E-state index in [1.165, 1.54) is 12.1 Å². The van der Waals surface area contributed by atoms with Gasteiger partial charge in [0.1, 0.15) is 11.6 Å². The molecule has 2 aromatic rings. The second-order valence-electron chi connectivity index (χ2n) is 6.88. The van der Waals surface area contributed by atoms with Crippen LogP contribution in [-0.4, -0.2) is 54.4 Å². The lowest BCUT2D eigenvalue weighted by Crippen LogP contribution is -2.43. The minimum Gasteiger partial charge on any atom is -0.445 e. The average molecular weight is 345 g/mol. The Morgan fingerprint density at radius 3 is 2.84 bits per heavy atom. The van der Waals surface area contributed by atoms with Crippen LogP contribution in [0.3, 0.4) is 0 Å². The molecule has 3 rings (SSSR count). The zero-order valence-corrected chi connectivity index (χ0v) is 14.7. The lowest BCUT2D eigenvalue weighted by molar-refractivity contribution is -0.133. The number of rotatable bonds is 5. The van der Waals surface area contributed by atoms with Gasteiger partial charge in [0.25, 0.3) is 0 Å². The van der Waals surface area contributed by atoms with Crippen molar-refractivity contribution in [1.29, 1.82) is 0 Å². The highest BCUT2D eigenvalue weighted by molar-refractivity contribution is 5.78. The van der Waals surface area contributed by atoms with E-state index in [1.807, 2.05) is 23.9 Å². The summed E-state index contributed by atoms with van der Waals surface area (Å²) in [5.41, 5.74) is 0.982. The van der Waals surface area contributed by atoms with Crippen molar-refractivity contribution in [3.63, 3.8) is 0 Å². The third-order valence-corrected chi connectivity index (χ3v) is 4.44. The highest BCUT2D eigenvalue weighted by atomic mass is 19.1. The Balaban J connectivity index is 1.63. The number of likely N-dealkylation sites (tertiary alicyclic amines) is 1. The fourth-order valence-electron chi connectivity index (χ4n) is 3.17. The number of amides is 1. The molecule has 1 aliphatic rings. The van der Waals surface area contributed by atoms with E-state index in [0.29, 0.717) is 25.4 Å². The van der Waals surface area contributed by atoms with Gasteiger partial charge in [-0.15, -0.1) is 0 Å². The summed E-state index contributed by atoms with van der Waals surface area (Å²) in [5, 5.41) is 0. The monoisotopic (exact) mass is 345 g/mol. The highest BCUT2D eigenvalue weighted by Gasteiger charge is 2.27. The number of oxazole rings is 1. The van der Waals surface area contributed by atoms with Crippen LogP contribution in [0.15, 0.2) is 34.9 Å². The van der Waals surface area contributed by atoms with Gasteiger partial charge >= 0.3 is 0 Å². The predicted molar refractivity (Wildman–Crippen MR) is 92.8 cm³/mol. The van der Waals surface area contributed by atoms with Crippen LogP contribution < -0.4 is 0 Å². The fraction of sp³-hybridized carbons (Fsp3) is 0.474. The van der Waals surface area contributed by atoms with Crippen LogP contribution in [0.4, 0.5) is 4.39 Å². The molecule has 0 bridgehead atoms. The molecular formula is C19H24FN3O2. The molecule has 1 saturated heterocycles. The Morgan fingerprint density at radius 1 is 1.36 bits per heavy atom. The van der Waals surface area contributed by atoms with Crippen LogP contribution in [0.1, 0.15) is 36.0 Å². The summed E-state index contributed by atoms with van der Waals surface area (Å²) in [4.78, 5) is 20.5. The fourth-order valence-corrected chi connectivity index (χ4v) is 3.17. The molecule has 1 aromatic heterocycles. The first-order valence-corrected chi connectivity index (χ1v) is 8.63. The summed E-state index contributed by atoms with van der Waals surface area (Å²) >= 11 is 0. The highest BCUT2D eigenvalue weighted by Crippen LogP contribution is 2.27. The van der Waals surface area contributed by atoms with Gasteiger partial charge in [0.2, 0.25) is 5.91 Å². The summed E-state index contributed by atoms with van der Waals surface area (Å²) in [7, 11) is 3.80. The van der Waals surface area contributed by atoms with Gasteiger partial charge in [0, 0.05) is 19.5 Å². The molecule has 1 aromatic carbocycles. The first-order valence-electron chi connectivity index (χ1n) is 8.63. The standard InChI is InChI=1S/C19H24FN3O2/c1-22(2)13-18(24)23-9-3-4-15(12-23)19-21-11-17(25-19)10-14-5-7-16(20)8-6-14/h5-8,11,15H,3-4,9-10,12-13H2,1-2H3/t15-/m1/s1. The SMILES string of the molecule is CN(C)CC(=O)N1CCC[C@@H](c2ncc(Cc3ccc(F)cc3)o2)C1. The van der Waals surface area contributed by atoms with Crippen molar-refractivity contribution in [3.8, 4) is 0 Å². The van der Waals surface area contributed by atoms with Crippen LogP contribution >= 0.6 is 0 Å². The van der Waals surface area contributed by atoms with Gasteiger partial charge in [-0.3, -0.25) is 4.79 Å². The van der Waals surface area contributed by atoms with Gasteiger partial charge < -0.3 is 14.2 Å². The van der Waals surface area contributed by atoms with Crippen LogP contribution in [0.25, 0.3) is 0 Å². The van der Waals surface area contributed by atoms with E-state index in [2.05, 4.69) is 4.98 Å². The smallest absolute Gasteiger partial charge is 0.236 e. The van der Waals surface area contributed by atoms with Gasteiger partial charge in [0.05, 0.1) is 18.7 Å². The van der Waals surface area contributed by atoms with E-state index in [9.17, 15) is 9.18 Å². The molecule has 1 fully saturated rings. The predicted octanol–water partition coefficient (Wildman–Crippen LogP) is 2.67. The minimum absolute atomic E-state index is 0.141. The Labute approximate surface area is 147 Å². The lowest BCUT2D eigenvalue weighted by atomic mass is 9.98. The van der Waals surface area contributed by atoms with E-state index >= 15 is 0 Å². The number of nitrogens with zero attached hydrogens (tertiary/aromatic N) is 3. The topological polar surface area (TPSA) is 49.6 Å². The molecule has 1 atom stereocenters. The first-order chi connectivity index (χ1) is 12.0. The molecule has 0 unspecified atom stereocenters. The van der Waals surface area contributed by atoms with Gasteiger partial charge in [0.15, 0.2) is 5.89 Å². The molecule has 0 spiro atoms. The van der Waals surface area contributed by atoms with E-state index in [4.69, 9.17) is 4.42 Å². The number of hydrogen-bond donors (Lipinski definition) is 0. The van der Waals surface area contributed by atoms with Crippen molar-refractivity contribution in [3.05, 3.63) is 53.5 Å². The number of piperidine rings is 1. The molecule has 0 saturated carbocycles. The third-order valence-electron chi connectivity index (χ3n) is 4.44. The quantitative estimate of drug-likeness (QED) is 0.836. The van der Waals surface area contributed by atoms with Crippen LogP contribution in [0.2, 0.25) is 0 Å². The van der Waals surface area contributed by atoms with Crippen molar-refractivity contribution < 1.29 is 13.6 Å². The maximum Gasteiger partial charge on any atom is 0.236 e. The molecule has 6 heteroatoms. The minimum atomic E-state index is -0.244. The number of hydrogen-bond acceptors (Lipinski definition) is 4. The number of aromatic nitrogens is 1. The molecule has 0 N–H and O–H groups in total. The maximum atomic E-state index is 13.0. The summed E-state index contributed by atoms with van der Waals surface area (Å²) in [6, 6.07) is 6.39. The molecule has 1 amide bonds. The van der Waals surface area contributed by atoms with Gasteiger partial charge in [-0.1, -0.05) is 12.1 Å². The molecule has 0 aliphatic carbocycles. The number of likely N-dealkylation sites (N-methyl/N-ethyl adjacent to an activating group) is 1. The summed E-state index contributed by atoms with van der Waals surface area (Å²) in [6.07, 6.45) is 4.25. The molecule has 25 heavy (non-hydrogen) atoms. The molecule has 134 valence electrons. The van der Waals surface area contributed by atoms with Crippen LogP contribution in [0, 0.1) is 5.82 Å². The van der Waals surface area contributed by atoms with Gasteiger partial charge in [-0.2, -0.15) is 0 Å². The zero-order valence-electron chi connectivity index (χ0n) is 14.7. The number of halogens is 1. The Morgan fingerprint density at radius 2 is 2.12 bits per heavy atom. The summed E-state index contributed by atoms with van der Waals surface area (Å²) in [5.74, 6) is 1.50. The number of carbonyl (C=O) groups excluding carboxylic acids is 1. The maximum absolute atomic E-state index is 13.0. The Bertz CT molecular complexity index is 712. The first kappa shape index (κ1) is 17.6. The number of carbonyl (C=O) groups is 1. The second-order valence-corrected chi connectivity index (χ2v) is 6.88. The van der Waals surface area contributed by atoms with Crippen LogP contribution in [0.5, 0.6) is 0 Å². The lowest BCUT2D eigenvalue weighted by Gasteiger charge is -2.32. The van der Waals surface area contributed by atoms with Crippen LogP contribution in [-0.2, 0) is 11.2 Å². The van der Waals surface area contributed by atoms with E-state index < -0.39 is 0 Å². The molecule has 5 nitrogen and oxygen atoms in total. The molecule has 2 heterocycles. The largest absolute Gasteiger partial charge is 0.445 e. The van der Waals surface area contributed by atoms with Crippen molar-refractivity contribution in [1.82, 2.24) is 14.8 Å². The second kappa shape index (κ2) is 7.78. The average Bonchev–Trinajstić information content (AvgIpc) is 3.05. The summed E-state index contributed by atoms with van der Waals surface area (Å²) < 4.78 is 18.9. The van der Waals surface area contributed by atoms with Gasteiger partial charge in [-0.05, 0) is 44.6 Å². The van der Waals surface area contributed by atoms with E-state index in [1.54, 1.807) is 18.3 Å².